The van der Waals surface area contributed by atoms with Crippen LogP contribution in [0.25, 0.3) is 11.1 Å². The Morgan fingerprint density at radius 3 is 1.81 bits per heavy atom. The number of carbonyl (C=O) groups is 1. The van der Waals surface area contributed by atoms with Crippen molar-refractivity contribution in [2.24, 2.45) is 5.92 Å². The number of rotatable bonds is 8. The highest BCUT2D eigenvalue weighted by Gasteiger charge is 2.45. The molecule has 3 aromatic rings. The van der Waals surface area contributed by atoms with Crippen molar-refractivity contribution in [3.05, 3.63) is 107 Å². The van der Waals surface area contributed by atoms with E-state index in [4.69, 9.17) is 0 Å². The second kappa shape index (κ2) is 9.99. The molecule has 2 nitrogen and oxygen atoms in total. The second-order valence-electron chi connectivity index (χ2n) is 8.52. The van der Waals surface area contributed by atoms with Crippen molar-refractivity contribution >= 4 is 17.1 Å². The lowest BCUT2D eigenvalue weighted by molar-refractivity contribution is -0.132. The van der Waals surface area contributed by atoms with E-state index in [2.05, 4.69) is 106 Å². The first-order valence-electron chi connectivity index (χ1n) is 11.9. The molecule has 0 heterocycles. The standard InChI is InChI=1S/C30H33NO/c1-4-26(22-13-9-7-10-14-22)29(24-15-11-8-12-16-24)25-19-17-23(18-20-25)27-21-28(27)30(32)31(5-2)6-3/h7-20,27-28H,4-6,21H2,1-3H3/b29-26-/t27-,28+/m1/s1. The summed E-state index contributed by atoms with van der Waals surface area (Å²) in [6.45, 7) is 7.93. The Morgan fingerprint density at radius 2 is 1.28 bits per heavy atom. The summed E-state index contributed by atoms with van der Waals surface area (Å²) < 4.78 is 0. The lowest BCUT2D eigenvalue weighted by Crippen LogP contribution is -2.32. The average Bonchev–Trinajstić information content (AvgIpc) is 3.65. The molecule has 1 amide bonds. The highest BCUT2D eigenvalue weighted by molar-refractivity contribution is 5.98. The molecule has 0 spiro atoms. The van der Waals surface area contributed by atoms with E-state index in [1.54, 1.807) is 0 Å². The Morgan fingerprint density at radius 1 is 0.750 bits per heavy atom. The first-order valence-corrected chi connectivity index (χ1v) is 11.9. The first kappa shape index (κ1) is 22.1. The number of benzene rings is 3. The molecule has 0 radical (unpaired) electrons. The molecule has 2 atom stereocenters. The van der Waals surface area contributed by atoms with E-state index in [0.717, 1.165) is 25.9 Å². The maximum atomic E-state index is 12.7. The van der Waals surface area contributed by atoms with E-state index in [0.29, 0.717) is 11.8 Å². The van der Waals surface area contributed by atoms with Gasteiger partial charge < -0.3 is 4.90 Å². The SMILES string of the molecule is CC/C(=C(\c1ccccc1)c1ccc([C@H]2C[C@@H]2C(=O)N(CC)CC)cc1)c1ccccc1. The Hall–Kier alpha value is -3.13. The summed E-state index contributed by atoms with van der Waals surface area (Å²) in [6, 6.07) is 30.3. The van der Waals surface area contributed by atoms with Gasteiger partial charge in [0, 0.05) is 19.0 Å². The van der Waals surface area contributed by atoms with Crippen molar-refractivity contribution < 1.29 is 4.79 Å². The molecule has 2 heteroatoms. The Kier molecular flexibility index (Phi) is 6.90. The van der Waals surface area contributed by atoms with Crippen LogP contribution in [0.2, 0.25) is 0 Å². The van der Waals surface area contributed by atoms with Gasteiger partial charge in [0.1, 0.15) is 0 Å². The molecule has 164 valence electrons. The minimum atomic E-state index is 0.153. The largest absolute Gasteiger partial charge is 0.343 e. The normalized spacial score (nSPS) is 18.1. The lowest BCUT2D eigenvalue weighted by Gasteiger charge is -2.19. The van der Waals surface area contributed by atoms with Crippen LogP contribution < -0.4 is 0 Å². The van der Waals surface area contributed by atoms with E-state index in [1.807, 2.05) is 4.90 Å². The summed E-state index contributed by atoms with van der Waals surface area (Å²) in [7, 11) is 0. The van der Waals surface area contributed by atoms with Crippen LogP contribution in [0.3, 0.4) is 0 Å². The average molecular weight is 424 g/mol. The molecule has 32 heavy (non-hydrogen) atoms. The van der Waals surface area contributed by atoms with Gasteiger partial charge in [-0.1, -0.05) is 91.9 Å². The smallest absolute Gasteiger partial charge is 0.226 e. The second-order valence-corrected chi connectivity index (χ2v) is 8.52. The van der Waals surface area contributed by atoms with E-state index < -0.39 is 0 Å². The van der Waals surface area contributed by atoms with Crippen LogP contribution in [-0.2, 0) is 4.79 Å². The molecule has 1 aliphatic carbocycles. The Bertz CT molecular complexity index is 1060. The topological polar surface area (TPSA) is 20.3 Å². The third-order valence-corrected chi connectivity index (χ3v) is 6.65. The third-order valence-electron chi connectivity index (χ3n) is 6.65. The van der Waals surface area contributed by atoms with Crippen molar-refractivity contribution in [1.29, 1.82) is 0 Å². The molecule has 3 aromatic carbocycles. The van der Waals surface area contributed by atoms with E-state index in [9.17, 15) is 4.79 Å². The van der Waals surface area contributed by atoms with Gasteiger partial charge >= 0.3 is 0 Å². The molecular weight excluding hydrogens is 390 g/mol. The van der Waals surface area contributed by atoms with Gasteiger partial charge in [-0.15, -0.1) is 0 Å². The summed E-state index contributed by atoms with van der Waals surface area (Å²) in [5, 5.41) is 0. The fourth-order valence-electron chi connectivity index (χ4n) is 4.79. The molecule has 0 saturated heterocycles. The highest BCUT2D eigenvalue weighted by atomic mass is 16.2. The molecule has 4 rings (SSSR count). The van der Waals surface area contributed by atoms with Crippen molar-refractivity contribution in [2.45, 2.75) is 39.5 Å². The zero-order chi connectivity index (χ0) is 22.5. The van der Waals surface area contributed by atoms with Gasteiger partial charge in [-0.2, -0.15) is 0 Å². The van der Waals surface area contributed by atoms with Gasteiger partial charge in [-0.3, -0.25) is 4.79 Å². The van der Waals surface area contributed by atoms with Crippen molar-refractivity contribution in [3.8, 4) is 0 Å². The van der Waals surface area contributed by atoms with Gasteiger partial charge in [0.2, 0.25) is 5.91 Å². The summed E-state index contributed by atoms with van der Waals surface area (Å²) in [5.74, 6) is 0.827. The van der Waals surface area contributed by atoms with E-state index >= 15 is 0 Å². The fourth-order valence-corrected chi connectivity index (χ4v) is 4.79. The van der Waals surface area contributed by atoms with Crippen LogP contribution in [0.5, 0.6) is 0 Å². The Balaban J connectivity index is 1.67. The summed E-state index contributed by atoms with van der Waals surface area (Å²) in [4.78, 5) is 14.7. The molecular formula is C30H33NO. The number of carbonyl (C=O) groups excluding carboxylic acids is 1. The molecule has 1 fully saturated rings. The minimum absolute atomic E-state index is 0.153. The fraction of sp³-hybridized carbons (Fsp3) is 0.300. The number of amides is 1. The number of allylic oxidation sites excluding steroid dienone is 1. The number of hydrogen-bond acceptors (Lipinski definition) is 1. The van der Waals surface area contributed by atoms with Crippen LogP contribution in [0.15, 0.2) is 84.9 Å². The van der Waals surface area contributed by atoms with Gasteiger partial charge in [0.15, 0.2) is 0 Å². The quantitative estimate of drug-likeness (QED) is 0.356. The monoisotopic (exact) mass is 423 g/mol. The van der Waals surface area contributed by atoms with Gasteiger partial charge in [0.25, 0.3) is 0 Å². The third kappa shape index (κ3) is 4.55. The van der Waals surface area contributed by atoms with E-state index in [-0.39, 0.29) is 5.92 Å². The van der Waals surface area contributed by atoms with Crippen LogP contribution in [0.1, 0.15) is 61.8 Å². The number of nitrogens with zero attached hydrogens (tertiary/aromatic N) is 1. The van der Waals surface area contributed by atoms with Gasteiger partial charge in [-0.25, -0.2) is 0 Å². The summed E-state index contributed by atoms with van der Waals surface area (Å²) >= 11 is 0. The molecule has 0 unspecified atom stereocenters. The van der Waals surface area contributed by atoms with Crippen LogP contribution in [-0.4, -0.2) is 23.9 Å². The Labute approximate surface area is 192 Å². The maximum absolute atomic E-state index is 12.7. The van der Waals surface area contributed by atoms with Crippen LogP contribution in [0, 0.1) is 5.92 Å². The first-order chi connectivity index (χ1) is 15.7. The summed E-state index contributed by atoms with van der Waals surface area (Å²) in [5.41, 5.74) is 7.66. The number of hydrogen-bond donors (Lipinski definition) is 0. The van der Waals surface area contributed by atoms with Crippen molar-refractivity contribution in [2.75, 3.05) is 13.1 Å². The maximum Gasteiger partial charge on any atom is 0.226 e. The summed E-state index contributed by atoms with van der Waals surface area (Å²) in [6.07, 6.45) is 1.93. The molecule has 0 aromatic heterocycles. The predicted octanol–water partition coefficient (Wildman–Crippen LogP) is 7.03. The van der Waals surface area contributed by atoms with Crippen LogP contribution >= 0.6 is 0 Å². The minimum Gasteiger partial charge on any atom is -0.343 e. The predicted molar refractivity (Wildman–Crippen MR) is 134 cm³/mol. The van der Waals surface area contributed by atoms with Gasteiger partial charge in [0.05, 0.1) is 0 Å². The van der Waals surface area contributed by atoms with Gasteiger partial charge in [-0.05, 0) is 66.0 Å². The molecule has 0 bridgehead atoms. The molecule has 1 saturated carbocycles. The molecule has 1 aliphatic rings. The lowest BCUT2D eigenvalue weighted by atomic mass is 9.87. The molecule has 0 aliphatic heterocycles. The van der Waals surface area contributed by atoms with Crippen LogP contribution in [0.4, 0.5) is 0 Å². The van der Waals surface area contributed by atoms with Crippen molar-refractivity contribution in [3.63, 3.8) is 0 Å². The highest BCUT2D eigenvalue weighted by Crippen LogP contribution is 2.48. The van der Waals surface area contributed by atoms with Crippen molar-refractivity contribution in [1.82, 2.24) is 4.90 Å². The zero-order valence-electron chi connectivity index (χ0n) is 19.4. The van der Waals surface area contributed by atoms with E-state index in [1.165, 1.54) is 33.4 Å². The zero-order valence-corrected chi connectivity index (χ0v) is 19.4. The molecule has 0 N–H and O–H groups in total.